The monoisotopic (exact) mass is 462 g/mol. The van der Waals surface area contributed by atoms with Crippen LogP contribution in [-0.4, -0.2) is 44.1 Å². The molecule has 0 saturated carbocycles. The molecule has 1 fully saturated rings. The number of halogens is 2. The molecule has 0 aromatic carbocycles. The van der Waals surface area contributed by atoms with Gasteiger partial charge in [0, 0.05) is 31.4 Å². The number of ether oxygens (including phenoxy) is 1. The molecule has 0 aliphatic carbocycles. The molecule has 2 aromatic heterocycles. The highest BCUT2D eigenvalue weighted by molar-refractivity contribution is 14.1. The summed E-state index contributed by atoms with van der Waals surface area (Å²) >= 11 is 8.38. The van der Waals surface area contributed by atoms with Gasteiger partial charge in [-0.05, 0) is 56.2 Å². The van der Waals surface area contributed by atoms with Crippen molar-refractivity contribution >= 4 is 45.8 Å². The average Bonchev–Trinajstić information content (AvgIpc) is 2.84. The summed E-state index contributed by atoms with van der Waals surface area (Å²) in [5, 5.41) is 0.445. The predicted molar refractivity (Wildman–Crippen MR) is 100 cm³/mol. The van der Waals surface area contributed by atoms with Crippen molar-refractivity contribution in [1.82, 2.24) is 19.3 Å². The van der Waals surface area contributed by atoms with E-state index in [2.05, 4.69) is 32.6 Å². The fraction of sp³-hybridized carbons (Fsp3) is 0.562. The minimum Gasteiger partial charge on any atom is -0.444 e. The molecule has 0 bridgehead atoms. The number of imidazole rings is 1. The largest absolute Gasteiger partial charge is 0.444 e. The first-order chi connectivity index (χ1) is 11.3. The van der Waals surface area contributed by atoms with Crippen molar-refractivity contribution in [1.29, 1.82) is 0 Å². The molecule has 1 atom stereocenters. The van der Waals surface area contributed by atoms with Gasteiger partial charge in [0.15, 0.2) is 5.15 Å². The summed E-state index contributed by atoms with van der Waals surface area (Å²) in [4.78, 5) is 22.9. The number of nitrogens with zero attached hydrogens (tertiary/aromatic N) is 4. The second kappa shape index (κ2) is 6.67. The zero-order chi connectivity index (χ0) is 17.5. The van der Waals surface area contributed by atoms with Crippen LogP contribution in [0.3, 0.4) is 0 Å². The molecule has 0 radical (unpaired) electrons. The Morgan fingerprint density at radius 1 is 1.46 bits per heavy atom. The van der Waals surface area contributed by atoms with Crippen molar-refractivity contribution < 1.29 is 9.53 Å². The summed E-state index contributed by atoms with van der Waals surface area (Å²) in [6.07, 6.45) is 5.19. The quantitative estimate of drug-likeness (QED) is 0.599. The lowest BCUT2D eigenvalue weighted by atomic mass is 9.97. The van der Waals surface area contributed by atoms with E-state index >= 15 is 0 Å². The van der Waals surface area contributed by atoms with Crippen molar-refractivity contribution in [3.05, 3.63) is 27.1 Å². The number of piperidine rings is 1. The van der Waals surface area contributed by atoms with E-state index in [1.165, 1.54) is 0 Å². The molecule has 1 aliphatic heterocycles. The van der Waals surface area contributed by atoms with Crippen LogP contribution in [0.4, 0.5) is 4.79 Å². The van der Waals surface area contributed by atoms with Gasteiger partial charge in [0.2, 0.25) is 0 Å². The number of fused-ring (bicyclic) bond motifs is 1. The highest BCUT2D eigenvalue weighted by atomic mass is 127. The summed E-state index contributed by atoms with van der Waals surface area (Å²) in [6.45, 7) is 6.96. The minimum atomic E-state index is -0.487. The van der Waals surface area contributed by atoms with Gasteiger partial charge >= 0.3 is 6.09 Å². The van der Waals surface area contributed by atoms with Crippen molar-refractivity contribution in [3.8, 4) is 0 Å². The molecule has 0 spiro atoms. The second-order valence-corrected chi connectivity index (χ2v) is 8.34. The summed E-state index contributed by atoms with van der Waals surface area (Å²) in [7, 11) is 0. The lowest BCUT2D eigenvalue weighted by molar-refractivity contribution is 0.0196. The van der Waals surface area contributed by atoms with E-state index in [0.29, 0.717) is 18.2 Å². The summed E-state index contributed by atoms with van der Waals surface area (Å²) in [5.41, 5.74) is 0.336. The SMILES string of the molecule is CC(C)(C)OC(=O)N1CCC[C@@H](c2nc(I)c3c(Cl)nccn23)C1. The van der Waals surface area contributed by atoms with Crippen LogP contribution in [0, 0.1) is 3.70 Å². The van der Waals surface area contributed by atoms with Gasteiger partial charge in [0.05, 0.1) is 0 Å². The second-order valence-electron chi connectivity index (χ2n) is 6.96. The van der Waals surface area contributed by atoms with Crippen LogP contribution in [0.25, 0.3) is 5.52 Å². The van der Waals surface area contributed by atoms with E-state index in [0.717, 1.165) is 27.9 Å². The van der Waals surface area contributed by atoms with Crippen LogP contribution in [0.5, 0.6) is 0 Å². The zero-order valence-electron chi connectivity index (χ0n) is 13.9. The van der Waals surface area contributed by atoms with E-state index in [1.54, 1.807) is 11.1 Å². The number of rotatable bonds is 1. The van der Waals surface area contributed by atoms with Gasteiger partial charge in [-0.3, -0.25) is 4.40 Å². The Bertz CT molecular complexity index is 771. The number of aromatic nitrogens is 3. The molecule has 2 aromatic rings. The van der Waals surface area contributed by atoms with Gasteiger partial charge in [-0.1, -0.05) is 11.6 Å². The maximum absolute atomic E-state index is 12.4. The van der Waals surface area contributed by atoms with Crippen molar-refractivity contribution in [3.63, 3.8) is 0 Å². The van der Waals surface area contributed by atoms with E-state index < -0.39 is 5.60 Å². The average molecular weight is 463 g/mol. The number of carbonyl (C=O) groups is 1. The van der Waals surface area contributed by atoms with Crippen LogP contribution >= 0.6 is 34.2 Å². The predicted octanol–water partition coefficient (Wildman–Crippen LogP) is 4.10. The van der Waals surface area contributed by atoms with E-state index in [1.807, 2.05) is 31.4 Å². The standard InChI is InChI=1S/C16H20ClIN4O2/c1-16(2,3)24-15(23)21-7-4-5-10(9-21)14-20-13(18)11-12(17)19-6-8-22(11)14/h6,8,10H,4-5,7,9H2,1-3H3/t10-/m1/s1. The van der Waals surface area contributed by atoms with Crippen molar-refractivity contribution in [2.24, 2.45) is 0 Å². The zero-order valence-corrected chi connectivity index (χ0v) is 16.8. The van der Waals surface area contributed by atoms with Crippen molar-refractivity contribution in [2.75, 3.05) is 13.1 Å². The summed E-state index contributed by atoms with van der Waals surface area (Å²) in [5.74, 6) is 1.08. The third-order valence-electron chi connectivity index (χ3n) is 3.93. The fourth-order valence-corrected chi connectivity index (χ4v) is 4.11. The molecule has 1 amide bonds. The number of carbonyl (C=O) groups excluding carboxylic acids is 1. The lowest BCUT2D eigenvalue weighted by Gasteiger charge is -2.33. The molecule has 8 heteroatoms. The van der Waals surface area contributed by atoms with Crippen LogP contribution in [0.2, 0.25) is 5.15 Å². The Kier molecular flexibility index (Phi) is 4.92. The van der Waals surface area contributed by atoms with Gasteiger partial charge in [0.1, 0.15) is 20.6 Å². The highest BCUT2D eigenvalue weighted by Crippen LogP contribution is 2.31. The third kappa shape index (κ3) is 3.61. The van der Waals surface area contributed by atoms with Gasteiger partial charge in [-0.25, -0.2) is 14.8 Å². The Hall–Kier alpha value is -1.09. The van der Waals surface area contributed by atoms with E-state index in [-0.39, 0.29) is 12.0 Å². The highest BCUT2D eigenvalue weighted by Gasteiger charge is 2.31. The molecule has 3 heterocycles. The van der Waals surface area contributed by atoms with Gasteiger partial charge in [0.25, 0.3) is 0 Å². The molecule has 0 N–H and O–H groups in total. The van der Waals surface area contributed by atoms with E-state index in [4.69, 9.17) is 16.3 Å². The Balaban J connectivity index is 1.86. The minimum absolute atomic E-state index is 0.153. The molecule has 1 saturated heterocycles. The molecule has 1 aliphatic rings. The first-order valence-electron chi connectivity index (χ1n) is 7.92. The molecule has 24 heavy (non-hydrogen) atoms. The van der Waals surface area contributed by atoms with E-state index in [9.17, 15) is 4.79 Å². The van der Waals surface area contributed by atoms with Crippen LogP contribution in [-0.2, 0) is 4.74 Å². The number of hydrogen-bond acceptors (Lipinski definition) is 4. The fourth-order valence-electron chi connectivity index (χ4n) is 2.95. The summed E-state index contributed by atoms with van der Waals surface area (Å²) in [6, 6.07) is 0. The maximum atomic E-state index is 12.4. The van der Waals surface area contributed by atoms with Crippen LogP contribution < -0.4 is 0 Å². The third-order valence-corrected chi connectivity index (χ3v) is 4.96. The first kappa shape index (κ1) is 17.7. The molecular weight excluding hydrogens is 443 g/mol. The topological polar surface area (TPSA) is 59.7 Å². The van der Waals surface area contributed by atoms with Gasteiger partial charge in [-0.2, -0.15) is 0 Å². The van der Waals surface area contributed by atoms with Crippen molar-refractivity contribution in [2.45, 2.75) is 45.1 Å². The maximum Gasteiger partial charge on any atom is 0.410 e. The Morgan fingerprint density at radius 2 is 2.21 bits per heavy atom. The summed E-state index contributed by atoms with van der Waals surface area (Å²) < 4.78 is 8.32. The molecular formula is C16H20ClIN4O2. The first-order valence-corrected chi connectivity index (χ1v) is 9.38. The number of amides is 1. The van der Waals surface area contributed by atoms with Gasteiger partial charge < -0.3 is 9.64 Å². The smallest absolute Gasteiger partial charge is 0.410 e. The Morgan fingerprint density at radius 3 is 2.92 bits per heavy atom. The number of likely N-dealkylation sites (tertiary alicyclic amines) is 1. The molecule has 6 nitrogen and oxygen atoms in total. The molecule has 130 valence electrons. The Labute approximate surface area is 159 Å². The molecule has 0 unspecified atom stereocenters. The molecule has 3 rings (SSSR count). The lowest BCUT2D eigenvalue weighted by Crippen LogP contribution is -2.42. The number of hydrogen-bond donors (Lipinski definition) is 0. The normalized spacial score (nSPS) is 18.9. The van der Waals surface area contributed by atoms with Crippen LogP contribution in [0.15, 0.2) is 12.4 Å². The van der Waals surface area contributed by atoms with Crippen LogP contribution in [0.1, 0.15) is 45.4 Å². The van der Waals surface area contributed by atoms with Gasteiger partial charge in [-0.15, -0.1) is 0 Å².